The van der Waals surface area contributed by atoms with Crippen LogP contribution in [0.2, 0.25) is 0 Å². The first kappa shape index (κ1) is 15.1. The quantitative estimate of drug-likeness (QED) is 0.699. The number of carbonyl (C=O) groups excluding carboxylic acids is 1. The molecule has 2 saturated carbocycles. The molecule has 3 N–H and O–H groups in total. The SMILES string of the molecule is CC(C)C(CC(=O)O)NC(=O)NCC1CC2CCC1C2. The fourth-order valence-electron chi connectivity index (χ4n) is 3.71. The van der Waals surface area contributed by atoms with Crippen molar-refractivity contribution < 1.29 is 14.7 Å². The summed E-state index contributed by atoms with van der Waals surface area (Å²) in [7, 11) is 0. The molecule has 20 heavy (non-hydrogen) atoms. The number of carboxylic acid groups (broad SMARTS) is 1. The number of fused-ring (bicyclic) bond motifs is 2. The molecule has 114 valence electrons. The molecule has 2 bridgehead atoms. The van der Waals surface area contributed by atoms with Crippen LogP contribution in [0.4, 0.5) is 4.79 Å². The fraction of sp³-hybridized carbons (Fsp3) is 0.867. The molecule has 0 aliphatic heterocycles. The van der Waals surface area contributed by atoms with E-state index in [9.17, 15) is 9.59 Å². The van der Waals surface area contributed by atoms with Crippen LogP contribution in [-0.4, -0.2) is 29.7 Å². The minimum Gasteiger partial charge on any atom is -0.481 e. The first-order chi connectivity index (χ1) is 9.45. The van der Waals surface area contributed by atoms with Crippen LogP contribution < -0.4 is 10.6 Å². The second kappa shape index (κ2) is 6.46. The predicted octanol–water partition coefficient (Wildman–Crippen LogP) is 2.22. The molecule has 2 amide bonds. The zero-order chi connectivity index (χ0) is 14.7. The molecule has 0 radical (unpaired) electrons. The van der Waals surface area contributed by atoms with Gasteiger partial charge in [-0.1, -0.05) is 20.3 Å². The first-order valence-electron chi connectivity index (χ1n) is 7.71. The summed E-state index contributed by atoms with van der Waals surface area (Å²) in [6.07, 6.45) is 5.22. The van der Waals surface area contributed by atoms with Crippen molar-refractivity contribution in [2.75, 3.05) is 6.54 Å². The highest BCUT2D eigenvalue weighted by molar-refractivity contribution is 5.75. The van der Waals surface area contributed by atoms with Crippen LogP contribution in [0.15, 0.2) is 0 Å². The summed E-state index contributed by atoms with van der Waals surface area (Å²) in [5, 5.41) is 14.6. The normalized spacial score (nSPS) is 29.4. The highest BCUT2D eigenvalue weighted by atomic mass is 16.4. The summed E-state index contributed by atoms with van der Waals surface area (Å²) in [5.41, 5.74) is 0. The number of aliphatic carboxylic acids is 1. The van der Waals surface area contributed by atoms with E-state index in [4.69, 9.17) is 5.11 Å². The third kappa shape index (κ3) is 3.87. The van der Waals surface area contributed by atoms with Crippen molar-refractivity contribution in [3.8, 4) is 0 Å². The molecular formula is C15H26N2O3. The van der Waals surface area contributed by atoms with Gasteiger partial charge in [-0.05, 0) is 42.9 Å². The number of nitrogens with one attached hydrogen (secondary N) is 2. The van der Waals surface area contributed by atoms with Crippen LogP contribution in [0.3, 0.4) is 0 Å². The number of amides is 2. The minimum absolute atomic E-state index is 0.0286. The maximum absolute atomic E-state index is 11.9. The fourth-order valence-corrected chi connectivity index (χ4v) is 3.71. The van der Waals surface area contributed by atoms with Crippen molar-refractivity contribution in [2.24, 2.45) is 23.7 Å². The lowest BCUT2D eigenvalue weighted by Gasteiger charge is -2.24. The van der Waals surface area contributed by atoms with Gasteiger partial charge in [0.2, 0.25) is 0 Å². The Kier molecular flexibility index (Phi) is 4.89. The van der Waals surface area contributed by atoms with E-state index >= 15 is 0 Å². The summed E-state index contributed by atoms with van der Waals surface area (Å²) >= 11 is 0. The van der Waals surface area contributed by atoms with Crippen LogP contribution in [0, 0.1) is 23.7 Å². The van der Waals surface area contributed by atoms with E-state index in [1.165, 1.54) is 25.7 Å². The van der Waals surface area contributed by atoms with Gasteiger partial charge in [0.25, 0.3) is 0 Å². The lowest BCUT2D eigenvalue weighted by Crippen LogP contribution is -2.46. The van der Waals surface area contributed by atoms with Crippen LogP contribution in [0.1, 0.15) is 46.0 Å². The molecule has 4 atom stereocenters. The van der Waals surface area contributed by atoms with Gasteiger partial charge in [-0.25, -0.2) is 4.79 Å². The second-order valence-corrected chi connectivity index (χ2v) is 6.74. The summed E-state index contributed by atoms with van der Waals surface area (Å²) in [4.78, 5) is 22.7. The summed E-state index contributed by atoms with van der Waals surface area (Å²) in [5.74, 6) is 1.53. The van der Waals surface area contributed by atoms with E-state index < -0.39 is 5.97 Å². The number of carboxylic acids is 1. The summed E-state index contributed by atoms with van der Waals surface area (Å²) in [6, 6.07) is -0.541. The van der Waals surface area contributed by atoms with Gasteiger partial charge in [-0.3, -0.25) is 4.79 Å². The van der Waals surface area contributed by atoms with Gasteiger partial charge >= 0.3 is 12.0 Å². The Morgan fingerprint density at radius 1 is 1.25 bits per heavy atom. The highest BCUT2D eigenvalue weighted by Gasteiger charge is 2.39. The zero-order valence-corrected chi connectivity index (χ0v) is 12.4. The van der Waals surface area contributed by atoms with Gasteiger partial charge in [-0.15, -0.1) is 0 Å². The van der Waals surface area contributed by atoms with Crippen LogP contribution in [-0.2, 0) is 4.79 Å². The van der Waals surface area contributed by atoms with Crippen molar-refractivity contribution in [1.82, 2.24) is 10.6 Å². The Morgan fingerprint density at radius 3 is 2.50 bits per heavy atom. The lowest BCUT2D eigenvalue weighted by molar-refractivity contribution is -0.137. The average Bonchev–Trinajstić information content (AvgIpc) is 2.97. The van der Waals surface area contributed by atoms with Crippen LogP contribution in [0.25, 0.3) is 0 Å². The molecule has 0 aromatic rings. The molecular weight excluding hydrogens is 256 g/mol. The standard InChI is InChI=1S/C15H26N2O3/c1-9(2)13(7-14(18)19)17-15(20)16-8-12-6-10-3-4-11(12)5-10/h9-13H,3-8H2,1-2H3,(H,18,19)(H2,16,17,20). The van der Waals surface area contributed by atoms with Crippen LogP contribution in [0.5, 0.6) is 0 Å². The molecule has 0 spiro atoms. The molecule has 5 nitrogen and oxygen atoms in total. The van der Waals surface area contributed by atoms with Gasteiger partial charge < -0.3 is 15.7 Å². The third-order valence-electron chi connectivity index (χ3n) is 4.93. The molecule has 2 aliphatic rings. The molecule has 0 heterocycles. The van der Waals surface area contributed by atoms with Crippen molar-refractivity contribution in [3.05, 3.63) is 0 Å². The number of hydrogen-bond acceptors (Lipinski definition) is 2. The van der Waals surface area contributed by atoms with E-state index in [1.54, 1.807) is 0 Å². The molecule has 2 aliphatic carbocycles. The van der Waals surface area contributed by atoms with E-state index in [0.717, 1.165) is 18.4 Å². The smallest absolute Gasteiger partial charge is 0.315 e. The van der Waals surface area contributed by atoms with Gasteiger partial charge in [0.15, 0.2) is 0 Å². The summed E-state index contributed by atoms with van der Waals surface area (Å²) in [6.45, 7) is 4.57. The monoisotopic (exact) mass is 282 g/mol. The Labute approximate surface area is 120 Å². The number of carbonyl (C=O) groups is 2. The zero-order valence-electron chi connectivity index (χ0n) is 12.4. The number of hydrogen-bond donors (Lipinski definition) is 3. The average molecular weight is 282 g/mol. The van der Waals surface area contributed by atoms with Crippen molar-refractivity contribution >= 4 is 12.0 Å². The Balaban J connectivity index is 1.72. The van der Waals surface area contributed by atoms with E-state index in [0.29, 0.717) is 5.92 Å². The van der Waals surface area contributed by atoms with Crippen molar-refractivity contribution in [3.63, 3.8) is 0 Å². The van der Waals surface area contributed by atoms with Crippen molar-refractivity contribution in [1.29, 1.82) is 0 Å². The molecule has 2 rings (SSSR count). The first-order valence-corrected chi connectivity index (χ1v) is 7.71. The van der Waals surface area contributed by atoms with E-state index in [2.05, 4.69) is 10.6 Å². The molecule has 5 heteroatoms. The minimum atomic E-state index is -0.878. The maximum atomic E-state index is 11.9. The van der Waals surface area contributed by atoms with Gasteiger partial charge in [0.1, 0.15) is 0 Å². The Bertz CT molecular complexity index is 370. The van der Waals surface area contributed by atoms with Gasteiger partial charge in [0.05, 0.1) is 6.42 Å². The molecule has 0 aromatic heterocycles. The van der Waals surface area contributed by atoms with Crippen LogP contribution >= 0.6 is 0 Å². The highest BCUT2D eigenvalue weighted by Crippen LogP contribution is 2.47. The lowest BCUT2D eigenvalue weighted by atomic mass is 9.89. The Morgan fingerprint density at radius 2 is 2.00 bits per heavy atom. The summed E-state index contributed by atoms with van der Waals surface area (Å²) < 4.78 is 0. The molecule has 0 aromatic carbocycles. The second-order valence-electron chi connectivity index (χ2n) is 6.74. The maximum Gasteiger partial charge on any atom is 0.315 e. The van der Waals surface area contributed by atoms with Gasteiger partial charge in [-0.2, -0.15) is 0 Å². The molecule has 0 saturated heterocycles. The van der Waals surface area contributed by atoms with Gasteiger partial charge in [0, 0.05) is 12.6 Å². The van der Waals surface area contributed by atoms with E-state index in [-0.39, 0.29) is 24.4 Å². The molecule has 2 fully saturated rings. The third-order valence-corrected chi connectivity index (χ3v) is 4.93. The van der Waals surface area contributed by atoms with Crippen molar-refractivity contribution in [2.45, 2.75) is 52.0 Å². The number of urea groups is 1. The number of rotatable bonds is 6. The Hall–Kier alpha value is -1.26. The predicted molar refractivity (Wildman–Crippen MR) is 76.4 cm³/mol. The largest absolute Gasteiger partial charge is 0.481 e. The topological polar surface area (TPSA) is 78.4 Å². The van der Waals surface area contributed by atoms with E-state index in [1.807, 2.05) is 13.8 Å². The molecule has 4 unspecified atom stereocenters.